The lowest BCUT2D eigenvalue weighted by Crippen LogP contribution is -1.99. The second-order valence-corrected chi connectivity index (χ2v) is 5.52. The zero-order valence-corrected chi connectivity index (χ0v) is 11.9. The fourth-order valence-electron chi connectivity index (χ4n) is 3.26. The lowest BCUT2D eigenvalue weighted by atomic mass is 9.90. The van der Waals surface area contributed by atoms with Gasteiger partial charge >= 0.3 is 0 Å². The molecule has 1 radical (unpaired) electrons. The number of fused-ring (bicyclic) bond motifs is 2. The summed E-state index contributed by atoms with van der Waals surface area (Å²) in [7, 11) is 0. The van der Waals surface area contributed by atoms with Gasteiger partial charge in [0.1, 0.15) is 0 Å². The van der Waals surface area contributed by atoms with Gasteiger partial charge in [0.05, 0.1) is 0 Å². The fraction of sp³-hybridized carbons (Fsp3) is 0.389. The molecule has 0 aromatic heterocycles. The van der Waals surface area contributed by atoms with Crippen molar-refractivity contribution < 1.29 is 0 Å². The van der Waals surface area contributed by atoms with Gasteiger partial charge in [-0.3, -0.25) is 0 Å². The van der Waals surface area contributed by atoms with Gasteiger partial charge < -0.3 is 0 Å². The van der Waals surface area contributed by atoms with Crippen LogP contribution in [0, 0.1) is 20.3 Å². The van der Waals surface area contributed by atoms with Gasteiger partial charge in [-0.1, -0.05) is 37.1 Å². The molecule has 0 saturated heterocycles. The zero-order valence-electron chi connectivity index (χ0n) is 11.9. The fourth-order valence-corrected chi connectivity index (χ4v) is 3.26. The first-order valence-corrected chi connectivity index (χ1v) is 7.06. The maximum Gasteiger partial charge on any atom is 0.0167 e. The minimum atomic E-state index is 1.13. The topological polar surface area (TPSA) is 0 Å². The monoisotopic (exact) mass is 237 g/mol. The molecule has 0 saturated carbocycles. The Labute approximate surface area is 110 Å². The van der Waals surface area contributed by atoms with Crippen LogP contribution in [-0.2, 0) is 6.42 Å². The Morgan fingerprint density at radius 1 is 0.889 bits per heavy atom. The van der Waals surface area contributed by atoms with E-state index in [1.165, 1.54) is 46.2 Å². The minimum absolute atomic E-state index is 1.13. The first kappa shape index (κ1) is 11.8. The van der Waals surface area contributed by atoms with Crippen LogP contribution >= 0.6 is 0 Å². The summed E-state index contributed by atoms with van der Waals surface area (Å²) < 4.78 is 0. The molecule has 0 aliphatic heterocycles. The predicted molar refractivity (Wildman–Crippen MR) is 79.6 cm³/mol. The average Bonchev–Trinajstić information content (AvgIpc) is 3.00. The van der Waals surface area contributed by atoms with Crippen molar-refractivity contribution in [1.82, 2.24) is 0 Å². The second-order valence-electron chi connectivity index (χ2n) is 5.52. The van der Waals surface area contributed by atoms with Crippen LogP contribution in [0.15, 0.2) is 11.1 Å². The van der Waals surface area contributed by atoms with Crippen molar-refractivity contribution in [1.29, 1.82) is 0 Å². The van der Waals surface area contributed by atoms with Crippen molar-refractivity contribution in [3.8, 4) is 0 Å². The van der Waals surface area contributed by atoms with Crippen molar-refractivity contribution in [2.45, 2.75) is 47.0 Å². The summed E-state index contributed by atoms with van der Waals surface area (Å²) in [5, 5.41) is 0. The van der Waals surface area contributed by atoms with Gasteiger partial charge in [0.2, 0.25) is 0 Å². The zero-order chi connectivity index (χ0) is 12.9. The molecule has 18 heavy (non-hydrogen) atoms. The molecule has 0 fully saturated rings. The molecule has 0 bridgehead atoms. The van der Waals surface area contributed by atoms with Gasteiger partial charge in [0, 0.05) is 6.42 Å². The lowest BCUT2D eigenvalue weighted by Gasteiger charge is -2.14. The first-order valence-electron chi connectivity index (χ1n) is 7.06. The molecule has 0 N–H and O–H groups in total. The van der Waals surface area contributed by atoms with E-state index in [1.54, 1.807) is 11.1 Å². The number of allylic oxidation sites excluding steroid dienone is 2. The summed E-state index contributed by atoms with van der Waals surface area (Å²) in [4.78, 5) is 0. The second kappa shape index (κ2) is 4.12. The summed E-state index contributed by atoms with van der Waals surface area (Å²) in [6.07, 6.45) is 10.7. The SMILES string of the molecule is CCC1=Cc2c(C)c3c(c(C)c2[CH]1)C=C(CC)C3. The molecule has 3 rings (SSSR count). The quantitative estimate of drug-likeness (QED) is 0.678. The number of rotatable bonds is 2. The van der Waals surface area contributed by atoms with Crippen LogP contribution in [0.1, 0.15) is 60.1 Å². The highest BCUT2D eigenvalue weighted by Gasteiger charge is 2.24. The van der Waals surface area contributed by atoms with E-state index in [0.717, 1.165) is 6.42 Å². The van der Waals surface area contributed by atoms with Crippen molar-refractivity contribution in [3.63, 3.8) is 0 Å². The van der Waals surface area contributed by atoms with E-state index in [2.05, 4.69) is 46.3 Å². The third-order valence-corrected chi connectivity index (χ3v) is 4.55. The molecule has 2 aliphatic rings. The molecule has 0 heteroatoms. The molecule has 0 spiro atoms. The Kier molecular flexibility index (Phi) is 2.69. The third-order valence-electron chi connectivity index (χ3n) is 4.55. The Morgan fingerprint density at radius 2 is 1.67 bits per heavy atom. The third kappa shape index (κ3) is 1.51. The van der Waals surface area contributed by atoms with E-state index in [9.17, 15) is 0 Å². The number of hydrogen-bond donors (Lipinski definition) is 0. The maximum absolute atomic E-state index is 2.43. The van der Waals surface area contributed by atoms with E-state index in [0.29, 0.717) is 0 Å². The van der Waals surface area contributed by atoms with E-state index in [4.69, 9.17) is 0 Å². The minimum Gasteiger partial charge on any atom is -0.0655 e. The Bertz CT molecular complexity index is 529. The van der Waals surface area contributed by atoms with Crippen molar-refractivity contribution in [2.24, 2.45) is 0 Å². The predicted octanol–water partition coefficient (Wildman–Crippen LogP) is 5.01. The molecule has 0 amide bonds. The number of hydrogen-bond acceptors (Lipinski definition) is 0. The molecular weight excluding hydrogens is 216 g/mol. The average molecular weight is 237 g/mol. The van der Waals surface area contributed by atoms with Crippen molar-refractivity contribution >= 4 is 12.2 Å². The molecule has 0 unspecified atom stereocenters. The summed E-state index contributed by atoms with van der Waals surface area (Å²) in [5.74, 6) is 0. The summed E-state index contributed by atoms with van der Waals surface area (Å²) in [5.41, 5.74) is 12.1. The molecular formula is C18H21. The van der Waals surface area contributed by atoms with E-state index in [1.807, 2.05) is 0 Å². The van der Waals surface area contributed by atoms with E-state index in [-0.39, 0.29) is 0 Å². The largest absolute Gasteiger partial charge is 0.0655 e. The highest BCUT2D eigenvalue weighted by molar-refractivity contribution is 5.81. The lowest BCUT2D eigenvalue weighted by molar-refractivity contribution is 1.03. The van der Waals surface area contributed by atoms with Gasteiger partial charge in [0.25, 0.3) is 0 Å². The van der Waals surface area contributed by atoms with Gasteiger partial charge in [-0.25, -0.2) is 0 Å². The van der Waals surface area contributed by atoms with Crippen molar-refractivity contribution in [3.05, 3.63) is 50.9 Å². The van der Waals surface area contributed by atoms with Gasteiger partial charge in [-0.15, -0.1) is 0 Å². The van der Waals surface area contributed by atoms with Crippen LogP contribution in [0.4, 0.5) is 0 Å². The molecule has 0 heterocycles. The molecule has 2 aliphatic carbocycles. The highest BCUT2D eigenvalue weighted by Crippen LogP contribution is 2.41. The van der Waals surface area contributed by atoms with E-state index >= 15 is 0 Å². The summed E-state index contributed by atoms with van der Waals surface area (Å²) in [6, 6.07) is 0. The van der Waals surface area contributed by atoms with Gasteiger partial charge in [0.15, 0.2) is 0 Å². The Balaban J connectivity index is 2.18. The van der Waals surface area contributed by atoms with Crippen LogP contribution in [0.25, 0.3) is 12.2 Å². The van der Waals surface area contributed by atoms with Gasteiger partial charge in [-0.05, 0) is 66.5 Å². The first-order chi connectivity index (χ1) is 8.65. The molecule has 0 atom stereocenters. The molecule has 0 nitrogen and oxygen atoms in total. The number of benzene rings is 1. The van der Waals surface area contributed by atoms with Crippen LogP contribution < -0.4 is 0 Å². The molecule has 93 valence electrons. The van der Waals surface area contributed by atoms with Crippen LogP contribution in [-0.4, -0.2) is 0 Å². The molecule has 1 aromatic rings. The summed E-state index contributed by atoms with van der Waals surface area (Å²) >= 11 is 0. The van der Waals surface area contributed by atoms with Crippen LogP contribution in [0.5, 0.6) is 0 Å². The smallest absolute Gasteiger partial charge is 0.0167 e. The Hall–Kier alpha value is -1.30. The van der Waals surface area contributed by atoms with Gasteiger partial charge in [-0.2, -0.15) is 0 Å². The normalized spacial score (nSPS) is 16.4. The van der Waals surface area contributed by atoms with Crippen LogP contribution in [0.3, 0.4) is 0 Å². The molecule has 1 aromatic carbocycles. The maximum atomic E-state index is 2.43. The Morgan fingerprint density at radius 3 is 2.33 bits per heavy atom. The summed E-state index contributed by atoms with van der Waals surface area (Å²) in [6.45, 7) is 9.08. The van der Waals surface area contributed by atoms with Crippen molar-refractivity contribution in [2.75, 3.05) is 0 Å². The van der Waals surface area contributed by atoms with E-state index < -0.39 is 0 Å². The van der Waals surface area contributed by atoms with Crippen LogP contribution in [0.2, 0.25) is 0 Å². The standard InChI is InChI=1S/C18H21/c1-5-13-7-15-11(3)17-9-14(6-2)10-18(17)12(4)16(15)8-13/h7-9H,5-6,10H2,1-4H3. The highest BCUT2D eigenvalue weighted by atomic mass is 14.3.